The Bertz CT molecular complexity index is 757. The van der Waals surface area contributed by atoms with Crippen molar-refractivity contribution in [3.05, 3.63) is 27.3 Å². The maximum atomic E-state index is 12.1. The second-order valence-corrected chi connectivity index (χ2v) is 6.77. The largest absolute Gasteiger partial charge is 0.489 e. The van der Waals surface area contributed by atoms with E-state index in [0.29, 0.717) is 6.42 Å². The minimum Gasteiger partial charge on any atom is -0.489 e. The number of hydrogen-bond acceptors (Lipinski definition) is 6. The lowest BCUT2D eigenvalue weighted by Gasteiger charge is -2.22. The van der Waals surface area contributed by atoms with Gasteiger partial charge in [0.1, 0.15) is 5.69 Å². The number of methoxy groups -OCH3 is 1. The van der Waals surface area contributed by atoms with Crippen LogP contribution >= 0.6 is 0 Å². The van der Waals surface area contributed by atoms with E-state index in [4.69, 9.17) is 4.74 Å². The Labute approximate surface area is 126 Å². The minimum absolute atomic E-state index is 0.0772. The van der Waals surface area contributed by atoms with E-state index >= 15 is 0 Å². The molecule has 1 aliphatic heterocycles. The number of rotatable bonds is 4. The van der Waals surface area contributed by atoms with Gasteiger partial charge in [-0.1, -0.05) is 0 Å². The third-order valence-electron chi connectivity index (χ3n) is 3.47. The molecule has 0 bridgehead atoms. The first-order chi connectivity index (χ1) is 10.2. The quantitative estimate of drug-likeness (QED) is 0.648. The van der Waals surface area contributed by atoms with Gasteiger partial charge in [-0.15, -0.1) is 0 Å². The number of hydrogen-bond donors (Lipinski definition) is 1. The zero-order valence-corrected chi connectivity index (χ0v) is 12.7. The van der Waals surface area contributed by atoms with Gasteiger partial charge in [-0.25, -0.2) is 13.2 Å². The summed E-state index contributed by atoms with van der Waals surface area (Å²) in [6.07, 6.45) is 0.357. The van der Waals surface area contributed by atoms with Crippen LogP contribution in [0.15, 0.2) is 6.07 Å². The van der Waals surface area contributed by atoms with Crippen LogP contribution in [0.25, 0.3) is 0 Å². The molecule has 1 saturated heterocycles. The topological polar surface area (TPSA) is 127 Å². The van der Waals surface area contributed by atoms with Gasteiger partial charge in [0.25, 0.3) is 0 Å². The highest BCUT2D eigenvalue weighted by atomic mass is 32.2. The Morgan fingerprint density at radius 3 is 2.55 bits per heavy atom. The van der Waals surface area contributed by atoms with Crippen LogP contribution in [0.3, 0.4) is 0 Å². The van der Waals surface area contributed by atoms with Gasteiger partial charge in [0.15, 0.2) is 0 Å². The van der Waals surface area contributed by atoms with Gasteiger partial charge < -0.3 is 9.84 Å². The van der Waals surface area contributed by atoms with Gasteiger partial charge in [0, 0.05) is 12.6 Å². The van der Waals surface area contributed by atoms with E-state index in [2.05, 4.69) is 0 Å². The monoisotopic (exact) mass is 330 g/mol. The van der Waals surface area contributed by atoms with Crippen molar-refractivity contribution in [1.29, 1.82) is 0 Å². The fraction of sp³-hybridized carbons (Fsp3) is 0.417. The predicted octanol–water partition coefficient (Wildman–Crippen LogP) is 1.15. The van der Waals surface area contributed by atoms with Crippen LogP contribution in [0.2, 0.25) is 0 Å². The van der Waals surface area contributed by atoms with E-state index in [9.17, 15) is 28.4 Å². The van der Waals surface area contributed by atoms with Gasteiger partial charge in [0.2, 0.25) is 15.8 Å². The molecule has 0 saturated carbocycles. The third kappa shape index (κ3) is 2.45. The van der Waals surface area contributed by atoms with Crippen LogP contribution in [0, 0.1) is 17.0 Å². The number of aromatic carboxylic acids is 1. The molecular weight excluding hydrogens is 316 g/mol. The highest BCUT2D eigenvalue weighted by Gasteiger charge is 2.36. The molecule has 1 fully saturated rings. The van der Waals surface area contributed by atoms with Crippen molar-refractivity contribution in [2.24, 2.45) is 0 Å². The molecule has 1 N–H and O–H groups in total. The number of carboxylic acid groups (broad SMARTS) is 1. The van der Waals surface area contributed by atoms with Gasteiger partial charge in [-0.05, 0) is 18.9 Å². The SMILES string of the molecule is COc1c([N+](=O)[O-])cc(C(=O)O)c(C)c1N1CCCS1(=O)=O. The average Bonchev–Trinajstić information content (AvgIpc) is 2.76. The fourth-order valence-electron chi connectivity index (χ4n) is 2.48. The van der Waals surface area contributed by atoms with Crippen molar-refractivity contribution in [2.75, 3.05) is 23.7 Å². The van der Waals surface area contributed by atoms with Crippen LogP contribution in [0.1, 0.15) is 22.3 Å². The number of nitro benzene ring substituents is 1. The summed E-state index contributed by atoms with van der Waals surface area (Å²) in [5.74, 6) is -1.72. The molecule has 0 radical (unpaired) electrons. The van der Waals surface area contributed by atoms with Crippen LogP contribution in [0.4, 0.5) is 11.4 Å². The van der Waals surface area contributed by atoms with Crippen molar-refractivity contribution in [1.82, 2.24) is 0 Å². The molecule has 2 rings (SSSR count). The molecule has 0 spiro atoms. The Morgan fingerprint density at radius 1 is 1.50 bits per heavy atom. The van der Waals surface area contributed by atoms with E-state index in [1.165, 1.54) is 14.0 Å². The lowest BCUT2D eigenvalue weighted by molar-refractivity contribution is -0.385. The average molecular weight is 330 g/mol. The van der Waals surface area contributed by atoms with Crippen molar-refractivity contribution in [2.45, 2.75) is 13.3 Å². The lowest BCUT2D eigenvalue weighted by Crippen LogP contribution is -2.27. The van der Waals surface area contributed by atoms with E-state index in [1.807, 2.05) is 0 Å². The number of carboxylic acids is 1. The number of sulfonamides is 1. The predicted molar refractivity (Wildman–Crippen MR) is 77.1 cm³/mol. The van der Waals surface area contributed by atoms with Crippen LogP contribution in [0.5, 0.6) is 5.75 Å². The molecule has 1 aromatic carbocycles. The first-order valence-corrected chi connectivity index (χ1v) is 7.91. The maximum Gasteiger partial charge on any atom is 0.336 e. The molecule has 0 aliphatic carbocycles. The van der Waals surface area contributed by atoms with Crippen LogP contribution in [-0.2, 0) is 10.0 Å². The summed E-state index contributed by atoms with van der Waals surface area (Å²) >= 11 is 0. The molecule has 120 valence electrons. The number of benzene rings is 1. The molecular formula is C12H14N2O7S. The molecule has 1 aromatic rings. The van der Waals surface area contributed by atoms with Crippen molar-refractivity contribution < 1.29 is 28.0 Å². The highest BCUT2D eigenvalue weighted by molar-refractivity contribution is 7.93. The summed E-state index contributed by atoms with van der Waals surface area (Å²) in [6.45, 7) is 1.53. The van der Waals surface area contributed by atoms with Gasteiger partial charge in [0.05, 0.1) is 23.3 Å². The zero-order valence-electron chi connectivity index (χ0n) is 11.9. The first kappa shape index (κ1) is 16.0. The molecule has 0 aromatic heterocycles. The summed E-state index contributed by atoms with van der Waals surface area (Å²) in [4.78, 5) is 21.7. The number of anilines is 1. The highest BCUT2D eigenvalue weighted by Crippen LogP contribution is 2.44. The third-order valence-corrected chi connectivity index (χ3v) is 5.31. The molecule has 22 heavy (non-hydrogen) atoms. The molecule has 10 heteroatoms. The number of carbonyl (C=O) groups is 1. The zero-order chi connectivity index (χ0) is 16.7. The molecule has 1 heterocycles. The molecule has 0 atom stereocenters. The van der Waals surface area contributed by atoms with E-state index < -0.39 is 26.6 Å². The molecule has 9 nitrogen and oxygen atoms in total. The minimum atomic E-state index is -3.64. The van der Waals surface area contributed by atoms with Crippen molar-refractivity contribution in [3.8, 4) is 5.75 Å². The Balaban J connectivity index is 2.86. The fourth-order valence-corrected chi connectivity index (χ4v) is 4.10. The summed E-state index contributed by atoms with van der Waals surface area (Å²) in [5, 5.41) is 20.4. The van der Waals surface area contributed by atoms with Crippen LogP contribution < -0.4 is 9.04 Å². The lowest BCUT2D eigenvalue weighted by atomic mass is 10.0. The summed E-state index contributed by atoms with van der Waals surface area (Å²) < 4.78 is 30.2. The molecule has 0 unspecified atom stereocenters. The Hall–Kier alpha value is -2.36. The van der Waals surface area contributed by atoms with E-state index in [1.54, 1.807) is 0 Å². The second-order valence-electron chi connectivity index (χ2n) is 4.75. The van der Waals surface area contributed by atoms with E-state index in [-0.39, 0.29) is 34.9 Å². The molecule has 1 aliphatic rings. The van der Waals surface area contributed by atoms with Crippen LogP contribution in [-0.4, -0.2) is 43.8 Å². The summed E-state index contributed by atoms with van der Waals surface area (Å²) in [7, 11) is -2.47. The van der Waals surface area contributed by atoms with Crippen molar-refractivity contribution in [3.63, 3.8) is 0 Å². The van der Waals surface area contributed by atoms with Crippen molar-refractivity contribution >= 4 is 27.4 Å². The Kier molecular flexibility index (Phi) is 3.96. The Morgan fingerprint density at radius 2 is 2.14 bits per heavy atom. The number of nitro groups is 1. The second kappa shape index (κ2) is 5.44. The molecule has 0 amide bonds. The van der Waals surface area contributed by atoms with Gasteiger partial charge in [-0.2, -0.15) is 0 Å². The summed E-state index contributed by atoms with van der Waals surface area (Å²) in [5.41, 5.74) is -0.876. The number of ether oxygens (including phenoxy) is 1. The standard InChI is InChI=1S/C12H14N2O7S/c1-7-8(12(15)16)6-9(14(17)18)11(21-2)10(7)13-4-3-5-22(13,19)20/h6H,3-5H2,1-2H3,(H,15,16). The summed E-state index contributed by atoms with van der Waals surface area (Å²) in [6, 6.07) is 0.878. The first-order valence-electron chi connectivity index (χ1n) is 6.30. The number of nitrogens with zero attached hydrogens (tertiary/aromatic N) is 2. The normalized spacial score (nSPS) is 16.5. The smallest absolute Gasteiger partial charge is 0.336 e. The maximum absolute atomic E-state index is 12.1. The van der Waals surface area contributed by atoms with Gasteiger partial charge in [-0.3, -0.25) is 14.4 Å². The van der Waals surface area contributed by atoms with E-state index in [0.717, 1.165) is 10.4 Å². The van der Waals surface area contributed by atoms with Gasteiger partial charge >= 0.3 is 11.7 Å².